The van der Waals surface area contributed by atoms with Gasteiger partial charge >= 0.3 is 0 Å². The normalized spacial score (nSPS) is 31.3. The van der Waals surface area contributed by atoms with Gasteiger partial charge in [0.2, 0.25) is 0 Å². The van der Waals surface area contributed by atoms with Gasteiger partial charge in [0.05, 0.1) is 13.2 Å². The number of aryl methyl sites for hydroxylation is 1. The van der Waals surface area contributed by atoms with Crippen LogP contribution in [0.4, 0.5) is 4.39 Å². The Balaban J connectivity index is 0.000000131. The summed E-state index contributed by atoms with van der Waals surface area (Å²) in [5.41, 5.74) is 8.09. The van der Waals surface area contributed by atoms with Crippen molar-refractivity contribution in [2.24, 2.45) is 17.6 Å². The zero-order chi connectivity index (χ0) is 14.8. The Bertz CT molecular complexity index is 482. The second-order valence-corrected chi connectivity index (χ2v) is 6.62. The topological polar surface area (TPSA) is 38.5 Å². The molecule has 0 radical (unpaired) electrons. The van der Waals surface area contributed by atoms with Crippen molar-refractivity contribution in [1.29, 1.82) is 0 Å². The molecular formula is C17H25FN2O. The van der Waals surface area contributed by atoms with Crippen LogP contribution in [0.3, 0.4) is 0 Å². The van der Waals surface area contributed by atoms with Gasteiger partial charge in [-0.1, -0.05) is 6.07 Å². The van der Waals surface area contributed by atoms with Crippen molar-refractivity contribution in [3.05, 3.63) is 35.1 Å². The highest BCUT2D eigenvalue weighted by atomic mass is 19.1. The monoisotopic (exact) mass is 292 g/mol. The van der Waals surface area contributed by atoms with Crippen LogP contribution in [0.2, 0.25) is 0 Å². The zero-order valence-corrected chi connectivity index (χ0v) is 12.7. The summed E-state index contributed by atoms with van der Waals surface area (Å²) in [4.78, 5) is 2.40. The van der Waals surface area contributed by atoms with Gasteiger partial charge in [-0.05, 0) is 49.6 Å². The highest BCUT2D eigenvalue weighted by Crippen LogP contribution is 2.28. The Kier molecular flexibility index (Phi) is 4.57. The predicted octanol–water partition coefficient (Wildman–Crippen LogP) is 2.36. The summed E-state index contributed by atoms with van der Waals surface area (Å²) in [7, 11) is 2.19. The molecule has 3 nitrogen and oxygen atoms in total. The number of rotatable bonds is 0. The van der Waals surface area contributed by atoms with Gasteiger partial charge in [-0.25, -0.2) is 4.39 Å². The van der Waals surface area contributed by atoms with Gasteiger partial charge < -0.3 is 15.4 Å². The van der Waals surface area contributed by atoms with E-state index in [4.69, 9.17) is 10.5 Å². The molecule has 2 saturated heterocycles. The van der Waals surface area contributed by atoms with Gasteiger partial charge in [0.1, 0.15) is 5.82 Å². The third-order valence-corrected chi connectivity index (χ3v) is 4.89. The molecule has 2 unspecified atom stereocenters. The van der Waals surface area contributed by atoms with Crippen LogP contribution >= 0.6 is 0 Å². The van der Waals surface area contributed by atoms with E-state index >= 15 is 0 Å². The molecule has 4 heteroatoms. The third-order valence-electron chi connectivity index (χ3n) is 4.89. The van der Waals surface area contributed by atoms with Crippen LogP contribution in [0.5, 0.6) is 0 Å². The smallest absolute Gasteiger partial charge is 0.123 e. The largest absolute Gasteiger partial charge is 0.381 e. The van der Waals surface area contributed by atoms with Gasteiger partial charge in [-0.3, -0.25) is 0 Å². The maximum Gasteiger partial charge on any atom is 0.123 e. The third kappa shape index (κ3) is 3.44. The van der Waals surface area contributed by atoms with Crippen LogP contribution in [0.25, 0.3) is 0 Å². The maximum absolute atomic E-state index is 12.8. The summed E-state index contributed by atoms with van der Waals surface area (Å²) in [6.45, 7) is 4.53. The van der Waals surface area contributed by atoms with Gasteiger partial charge in [-0.2, -0.15) is 0 Å². The van der Waals surface area contributed by atoms with E-state index in [1.807, 2.05) is 6.07 Å². The minimum absolute atomic E-state index is 0.120. The SMILES string of the molecule is CN1CC2COCC2C1.N[C@H]1CCCc2cc(F)ccc21. The molecule has 0 amide bonds. The lowest BCUT2D eigenvalue weighted by Crippen LogP contribution is -2.17. The fourth-order valence-corrected chi connectivity index (χ4v) is 3.74. The van der Waals surface area contributed by atoms with Crippen LogP contribution in [0.15, 0.2) is 18.2 Å². The molecule has 3 aliphatic rings. The van der Waals surface area contributed by atoms with Crippen LogP contribution in [-0.2, 0) is 11.2 Å². The van der Waals surface area contributed by atoms with Crippen molar-refractivity contribution in [2.45, 2.75) is 25.3 Å². The van der Waals surface area contributed by atoms with Crippen molar-refractivity contribution in [3.63, 3.8) is 0 Å². The summed E-state index contributed by atoms with van der Waals surface area (Å²) < 4.78 is 18.1. The fourth-order valence-electron chi connectivity index (χ4n) is 3.74. The highest BCUT2D eigenvalue weighted by molar-refractivity contribution is 5.32. The van der Waals surface area contributed by atoms with E-state index < -0.39 is 0 Å². The molecule has 2 aliphatic heterocycles. The first kappa shape index (κ1) is 14.9. The molecule has 2 N–H and O–H groups in total. The molecule has 116 valence electrons. The number of ether oxygens (including phenoxy) is 1. The molecule has 2 fully saturated rings. The number of halogens is 1. The average molecular weight is 292 g/mol. The summed E-state index contributed by atoms with van der Waals surface area (Å²) >= 11 is 0. The maximum atomic E-state index is 12.8. The van der Waals surface area contributed by atoms with Gasteiger partial charge in [0.15, 0.2) is 0 Å². The van der Waals surface area contributed by atoms with Gasteiger partial charge in [-0.15, -0.1) is 0 Å². The lowest BCUT2D eigenvalue weighted by atomic mass is 9.88. The molecular weight excluding hydrogens is 267 g/mol. The second kappa shape index (κ2) is 6.42. The van der Waals surface area contributed by atoms with Crippen molar-refractivity contribution >= 4 is 0 Å². The first-order chi connectivity index (χ1) is 10.1. The van der Waals surface area contributed by atoms with Crippen molar-refractivity contribution in [3.8, 4) is 0 Å². The van der Waals surface area contributed by atoms with E-state index in [2.05, 4.69) is 11.9 Å². The fraction of sp³-hybridized carbons (Fsp3) is 0.647. The first-order valence-electron chi connectivity index (χ1n) is 7.93. The van der Waals surface area contributed by atoms with E-state index in [-0.39, 0.29) is 11.9 Å². The predicted molar refractivity (Wildman–Crippen MR) is 81.6 cm³/mol. The van der Waals surface area contributed by atoms with E-state index in [1.54, 1.807) is 6.07 Å². The lowest BCUT2D eigenvalue weighted by molar-refractivity contribution is 0.160. The second-order valence-electron chi connectivity index (χ2n) is 6.62. The minimum atomic E-state index is -0.150. The molecule has 4 rings (SSSR count). The first-order valence-corrected chi connectivity index (χ1v) is 7.93. The zero-order valence-electron chi connectivity index (χ0n) is 12.7. The van der Waals surface area contributed by atoms with Gasteiger partial charge in [0.25, 0.3) is 0 Å². The lowest BCUT2D eigenvalue weighted by Gasteiger charge is -2.21. The standard InChI is InChI=1S/C10H12FN.C7H13NO/c11-8-4-5-9-7(6-8)2-1-3-10(9)12;1-8-2-6-4-9-5-7(6)3-8/h4-6,10H,1-3,12H2;6-7H,2-5H2,1H3/t10-;/m0./s1. The average Bonchev–Trinajstić information content (AvgIpc) is 2.99. The van der Waals surface area contributed by atoms with Crippen LogP contribution in [0, 0.1) is 17.7 Å². The number of hydrogen-bond donors (Lipinski definition) is 1. The minimum Gasteiger partial charge on any atom is -0.381 e. The summed E-state index contributed by atoms with van der Waals surface area (Å²) in [5.74, 6) is 1.56. The van der Waals surface area contributed by atoms with Crippen molar-refractivity contribution < 1.29 is 9.13 Å². The molecule has 0 aromatic heterocycles. The van der Waals surface area contributed by atoms with Crippen molar-refractivity contribution in [1.82, 2.24) is 4.90 Å². The molecule has 0 spiro atoms. The number of fused-ring (bicyclic) bond motifs is 2. The van der Waals surface area contributed by atoms with Crippen LogP contribution < -0.4 is 5.73 Å². The highest BCUT2D eigenvalue weighted by Gasteiger charge is 2.35. The Hall–Kier alpha value is -0.970. The van der Waals surface area contributed by atoms with Crippen LogP contribution in [0.1, 0.15) is 30.0 Å². The number of likely N-dealkylation sites (tertiary alicyclic amines) is 1. The molecule has 0 bridgehead atoms. The summed E-state index contributed by atoms with van der Waals surface area (Å²) in [6, 6.07) is 5.03. The summed E-state index contributed by atoms with van der Waals surface area (Å²) in [5, 5.41) is 0. The number of benzene rings is 1. The van der Waals surface area contributed by atoms with E-state index in [0.29, 0.717) is 0 Å². The number of nitrogens with two attached hydrogens (primary N) is 1. The van der Waals surface area contributed by atoms with E-state index in [1.165, 1.54) is 19.2 Å². The molecule has 1 aliphatic carbocycles. The molecule has 0 saturated carbocycles. The Morgan fingerprint density at radius 2 is 1.95 bits per heavy atom. The number of nitrogens with zero attached hydrogens (tertiary/aromatic N) is 1. The van der Waals surface area contributed by atoms with Gasteiger partial charge in [0, 0.05) is 31.0 Å². The molecule has 2 heterocycles. The Morgan fingerprint density at radius 1 is 1.24 bits per heavy atom. The molecule has 1 aromatic rings. The molecule has 1 aromatic carbocycles. The summed E-state index contributed by atoms with van der Waals surface area (Å²) in [6.07, 6.45) is 3.08. The molecule has 3 atom stereocenters. The quantitative estimate of drug-likeness (QED) is 0.798. The van der Waals surface area contributed by atoms with E-state index in [0.717, 1.165) is 55.4 Å². The molecule has 21 heavy (non-hydrogen) atoms. The Morgan fingerprint density at radius 3 is 2.67 bits per heavy atom. The van der Waals surface area contributed by atoms with Crippen LogP contribution in [-0.4, -0.2) is 38.3 Å². The van der Waals surface area contributed by atoms with E-state index in [9.17, 15) is 4.39 Å². The number of hydrogen-bond acceptors (Lipinski definition) is 3. The van der Waals surface area contributed by atoms with Crippen molar-refractivity contribution in [2.75, 3.05) is 33.4 Å². The Labute approximate surface area is 126 Å².